The molecule has 0 saturated carbocycles. The van der Waals surface area contributed by atoms with E-state index in [4.69, 9.17) is 21.1 Å². The number of aromatic hydroxyl groups is 1. The number of carbonyl (C=O) groups excluding carboxylic acids is 1. The zero-order valence-electron chi connectivity index (χ0n) is 20.3. The quantitative estimate of drug-likeness (QED) is 0.286. The van der Waals surface area contributed by atoms with Gasteiger partial charge in [0.25, 0.3) is 11.2 Å². The molecule has 192 valence electrons. The van der Waals surface area contributed by atoms with E-state index in [2.05, 4.69) is 4.99 Å². The van der Waals surface area contributed by atoms with E-state index < -0.39 is 22.5 Å². The second-order valence-corrected chi connectivity index (χ2v) is 9.58. The lowest BCUT2D eigenvalue weighted by Crippen LogP contribution is -2.40. The fourth-order valence-corrected chi connectivity index (χ4v) is 5.35. The van der Waals surface area contributed by atoms with Crippen LogP contribution in [0, 0.1) is 17.0 Å². The number of rotatable bonds is 6. The Balaban J connectivity index is 1.99. The van der Waals surface area contributed by atoms with Crippen molar-refractivity contribution in [3.05, 3.63) is 93.1 Å². The van der Waals surface area contributed by atoms with Crippen molar-refractivity contribution in [2.45, 2.75) is 26.8 Å². The van der Waals surface area contributed by atoms with Gasteiger partial charge in [0.2, 0.25) is 0 Å². The number of phenols is 1. The van der Waals surface area contributed by atoms with E-state index in [1.807, 2.05) is 0 Å². The van der Waals surface area contributed by atoms with Crippen LogP contribution in [0.3, 0.4) is 0 Å². The molecule has 1 aliphatic rings. The van der Waals surface area contributed by atoms with Crippen LogP contribution >= 0.6 is 22.9 Å². The lowest BCUT2D eigenvalue weighted by molar-refractivity contribution is -0.385. The number of thiazole rings is 1. The molecule has 3 aromatic rings. The molecule has 0 saturated heterocycles. The molecule has 0 fully saturated rings. The zero-order valence-corrected chi connectivity index (χ0v) is 21.8. The number of hydrogen-bond donors (Lipinski definition) is 1. The monoisotopic (exact) mass is 543 g/mol. The Labute approximate surface area is 219 Å². The van der Waals surface area contributed by atoms with Crippen molar-refractivity contribution >= 4 is 40.7 Å². The van der Waals surface area contributed by atoms with Gasteiger partial charge in [-0.05, 0) is 50.1 Å². The SMILES string of the molecule is CCOC(=O)C1=C(C)N=c2s/c(=C/c3cc(Cl)c(O)c(OC)c3)c(=O)n2[C@H]1c1ccc(C)c([N+](=O)[O-])c1. The highest BCUT2D eigenvalue weighted by Crippen LogP contribution is 2.35. The summed E-state index contributed by atoms with van der Waals surface area (Å²) in [6, 6.07) is 6.59. The number of nitro groups is 1. The summed E-state index contributed by atoms with van der Waals surface area (Å²) in [6.07, 6.45) is 1.57. The minimum absolute atomic E-state index is 0.0451. The van der Waals surface area contributed by atoms with Crippen molar-refractivity contribution in [2.75, 3.05) is 13.7 Å². The number of fused-ring (bicyclic) bond motifs is 1. The Morgan fingerprint density at radius 2 is 2.05 bits per heavy atom. The van der Waals surface area contributed by atoms with Crippen molar-refractivity contribution < 1.29 is 24.3 Å². The van der Waals surface area contributed by atoms with Gasteiger partial charge in [0.15, 0.2) is 16.3 Å². The van der Waals surface area contributed by atoms with Gasteiger partial charge in [-0.25, -0.2) is 9.79 Å². The summed E-state index contributed by atoms with van der Waals surface area (Å²) in [5.41, 5.74) is 1.17. The molecule has 2 aromatic carbocycles. The van der Waals surface area contributed by atoms with Crippen molar-refractivity contribution in [3.8, 4) is 11.5 Å². The molecule has 1 atom stereocenters. The first kappa shape index (κ1) is 26.1. The minimum Gasteiger partial charge on any atom is -0.503 e. The summed E-state index contributed by atoms with van der Waals surface area (Å²) < 4.78 is 12.0. The van der Waals surface area contributed by atoms with Crippen LogP contribution in [0.2, 0.25) is 5.02 Å². The van der Waals surface area contributed by atoms with Gasteiger partial charge >= 0.3 is 5.97 Å². The van der Waals surface area contributed by atoms with Crippen molar-refractivity contribution in [2.24, 2.45) is 4.99 Å². The van der Waals surface area contributed by atoms with Gasteiger partial charge in [0.1, 0.15) is 0 Å². The molecule has 0 unspecified atom stereocenters. The highest BCUT2D eigenvalue weighted by Gasteiger charge is 2.34. The Morgan fingerprint density at radius 3 is 2.70 bits per heavy atom. The van der Waals surface area contributed by atoms with E-state index in [0.717, 1.165) is 11.3 Å². The first-order valence-electron chi connectivity index (χ1n) is 11.1. The van der Waals surface area contributed by atoms with Crippen LogP contribution in [0.25, 0.3) is 6.08 Å². The molecule has 10 nitrogen and oxygen atoms in total. The third kappa shape index (κ3) is 4.75. The third-order valence-corrected chi connectivity index (χ3v) is 7.10. The topological polar surface area (TPSA) is 133 Å². The number of aryl methyl sites for hydroxylation is 1. The van der Waals surface area contributed by atoms with Crippen LogP contribution in [-0.4, -0.2) is 34.3 Å². The smallest absolute Gasteiger partial charge is 0.338 e. The van der Waals surface area contributed by atoms with Crippen LogP contribution < -0.4 is 19.6 Å². The summed E-state index contributed by atoms with van der Waals surface area (Å²) in [7, 11) is 1.38. The van der Waals surface area contributed by atoms with Gasteiger partial charge in [0, 0.05) is 11.6 Å². The van der Waals surface area contributed by atoms with E-state index >= 15 is 0 Å². The van der Waals surface area contributed by atoms with Gasteiger partial charge in [-0.3, -0.25) is 19.5 Å². The van der Waals surface area contributed by atoms with E-state index in [1.54, 1.807) is 39.0 Å². The number of aromatic nitrogens is 1. The summed E-state index contributed by atoms with van der Waals surface area (Å²) in [4.78, 5) is 42.6. The summed E-state index contributed by atoms with van der Waals surface area (Å²) in [6.45, 7) is 5.00. The zero-order chi connectivity index (χ0) is 27.0. The van der Waals surface area contributed by atoms with Crippen LogP contribution in [-0.2, 0) is 9.53 Å². The second kappa shape index (κ2) is 10.2. The number of methoxy groups -OCH3 is 1. The van der Waals surface area contributed by atoms with Gasteiger partial charge in [-0.1, -0.05) is 35.1 Å². The predicted molar refractivity (Wildman–Crippen MR) is 138 cm³/mol. The predicted octanol–water partition coefficient (Wildman–Crippen LogP) is 3.38. The fraction of sp³-hybridized carbons (Fsp3) is 0.240. The number of ether oxygens (including phenoxy) is 2. The molecule has 1 N–H and O–H groups in total. The molecule has 12 heteroatoms. The number of benzene rings is 2. The lowest BCUT2D eigenvalue weighted by Gasteiger charge is -2.24. The van der Waals surface area contributed by atoms with Gasteiger partial charge in [-0.15, -0.1) is 0 Å². The molecular formula is C25H22ClN3O7S. The molecule has 4 rings (SSSR count). The Kier molecular flexibility index (Phi) is 7.19. The van der Waals surface area contributed by atoms with Crippen molar-refractivity contribution in [1.29, 1.82) is 0 Å². The summed E-state index contributed by atoms with van der Waals surface area (Å²) in [5, 5.41) is 21.7. The maximum Gasteiger partial charge on any atom is 0.338 e. The van der Waals surface area contributed by atoms with Crippen molar-refractivity contribution in [3.63, 3.8) is 0 Å². The first-order valence-corrected chi connectivity index (χ1v) is 12.3. The molecule has 1 aliphatic heterocycles. The number of halogens is 1. The Bertz CT molecular complexity index is 1660. The fourth-order valence-electron chi connectivity index (χ4n) is 4.08. The molecule has 0 spiro atoms. The molecule has 2 heterocycles. The number of hydrogen-bond acceptors (Lipinski definition) is 9. The lowest BCUT2D eigenvalue weighted by atomic mass is 9.94. The molecule has 0 aliphatic carbocycles. The molecule has 1 aromatic heterocycles. The van der Waals surface area contributed by atoms with Gasteiger partial charge in [0.05, 0.1) is 45.5 Å². The molecule has 0 radical (unpaired) electrons. The standard InChI is InChI=1S/C25H22ClN3O7S/c1-5-36-24(32)20-13(3)27-25-28(21(20)15-7-6-12(2)17(11-15)29(33)34)23(31)19(37-25)10-14-8-16(26)22(30)18(9-14)35-4/h6-11,21,30H,5H2,1-4H3/b19-10+/t21-/m0/s1. The third-order valence-electron chi connectivity index (χ3n) is 5.83. The first-order chi connectivity index (χ1) is 17.6. The number of nitrogens with zero attached hydrogens (tertiary/aromatic N) is 3. The van der Waals surface area contributed by atoms with Crippen LogP contribution in [0.1, 0.15) is 36.6 Å². The molecule has 0 bridgehead atoms. The van der Waals surface area contributed by atoms with E-state index in [1.165, 1.54) is 29.9 Å². The number of nitro benzene ring substituents is 1. The molecular weight excluding hydrogens is 522 g/mol. The largest absolute Gasteiger partial charge is 0.503 e. The van der Waals surface area contributed by atoms with E-state index in [0.29, 0.717) is 27.2 Å². The van der Waals surface area contributed by atoms with Crippen molar-refractivity contribution in [1.82, 2.24) is 4.57 Å². The molecule has 0 amide bonds. The van der Waals surface area contributed by atoms with E-state index in [-0.39, 0.29) is 38.9 Å². The number of carbonyl (C=O) groups is 1. The average Bonchev–Trinajstić information content (AvgIpc) is 3.14. The highest BCUT2D eigenvalue weighted by molar-refractivity contribution is 7.07. The second-order valence-electron chi connectivity index (χ2n) is 8.16. The van der Waals surface area contributed by atoms with Gasteiger partial charge in [-0.2, -0.15) is 0 Å². The van der Waals surface area contributed by atoms with Crippen LogP contribution in [0.15, 0.2) is 51.4 Å². The summed E-state index contributed by atoms with van der Waals surface area (Å²) >= 11 is 7.19. The van der Waals surface area contributed by atoms with Crippen LogP contribution in [0.4, 0.5) is 5.69 Å². The number of phenolic OH excluding ortho intramolecular Hbond substituents is 1. The average molecular weight is 544 g/mol. The Morgan fingerprint density at radius 1 is 1.32 bits per heavy atom. The molecule has 37 heavy (non-hydrogen) atoms. The summed E-state index contributed by atoms with van der Waals surface area (Å²) in [5.74, 6) is -0.753. The normalized spacial score (nSPS) is 15.3. The number of allylic oxidation sites excluding steroid dienone is 1. The van der Waals surface area contributed by atoms with E-state index in [9.17, 15) is 24.8 Å². The minimum atomic E-state index is -0.991. The Hall–Kier alpha value is -3.96. The maximum atomic E-state index is 13.7. The maximum absolute atomic E-state index is 13.7. The van der Waals surface area contributed by atoms with Crippen LogP contribution in [0.5, 0.6) is 11.5 Å². The number of esters is 1. The van der Waals surface area contributed by atoms with Gasteiger partial charge < -0.3 is 14.6 Å². The highest BCUT2D eigenvalue weighted by atomic mass is 35.5.